The van der Waals surface area contributed by atoms with Crippen LogP contribution >= 0.6 is 0 Å². The second kappa shape index (κ2) is 9.39. The number of nitrogens with zero attached hydrogens (tertiary/aromatic N) is 2. The zero-order chi connectivity index (χ0) is 23.5. The lowest BCUT2D eigenvalue weighted by molar-refractivity contribution is -0.134. The number of amides is 2. The molecule has 1 N–H and O–H groups in total. The van der Waals surface area contributed by atoms with E-state index in [0.29, 0.717) is 44.5 Å². The van der Waals surface area contributed by atoms with Crippen molar-refractivity contribution in [1.29, 1.82) is 0 Å². The molecule has 174 valence electrons. The molecular weight excluding hydrogens is 429 g/mol. The highest BCUT2D eigenvalue weighted by molar-refractivity contribution is 5.94. The average Bonchev–Trinajstić information content (AvgIpc) is 3.11. The van der Waals surface area contributed by atoms with Gasteiger partial charge in [0.15, 0.2) is 0 Å². The van der Waals surface area contributed by atoms with Crippen molar-refractivity contribution >= 4 is 11.8 Å². The third-order valence-corrected chi connectivity index (χ3v) is 6.96. The molecule has 3 aromatic rings. The van der Waals surface area contributed by atoms with Gasteiger partial charge in [-0.2, -0.15) is 0 Å². The molecule has 0 aliphatic carbocycles. The fourth-order valence-electron chi connectivity index (χ4n) is 5.11. The standard InChI is InChI=1S/C28H28FN3O2/c29-24-13-11-22(12-14-24)20-32-27(34)25(19-21-7-3-1-4-8-21)30-28(32)15-17-31(18-16-28)26(33)23-9-5-2-6-10-23/h1-14,25,30H,15-20H2/t25-/m1/s1. The molecule has 2 aliphatic rings. The molecule has 2 heterocycles. The number of nitrogens with one attached hydrogen (secondary N) is 1. The first kappa shape index (κ1) is 22.3. The van der Waals surface area contributed by atoms with Crippen LogP contribution in [0.4, 0.5) is 4.39 Å². The van der Waals surface area contributed by atoms with Crippen LogP contribution in [0.2, 0.25) is 0 Å². The summed E-state index contributed by atoms with van der Waals surface area (Å²) in [6.07, 6.45) is 1.89. The summed E-state index contributed by atoms with van der Waals surface area (Å²) in [5.41, 5.74) is 2.14. The predicted molar refractivity (Wildman–Crippen MR) is 128 cm³/mol. The van der Waals surface area contributed by atoms with Gasteiger partial charge in [-0.05, 0) is 41.8 Å². The van der Waals surface area contributed by atoms with Crippen molar-refractivity contribution in [1.82, 2.24) is 15.1 Å². The predicted octanol–water partition coefficient (Wildman–Crippen LogP) is 4.00. The molecule has 6 heteroatoms. The van der Waals surface area contributed by atoms with Crippen molar-refractivity contribution < 1.29 is 14.0 Å². The van der Waals surface area contributed by atoms with Crippen molar-refractivity contribution in [2.24, 2.45) is 0 Å². The van der Waals surface area contributed by atoms with E-state index in [2.05, 4.69) is 5.32 Å². The van der Waals surface area contributed by atoms with E-state index >= 15 is 0 Å². The van der Waals surface area contributed by atoms with Crippen molar-refractivity contribution in [3.63, 3.8) is 0 Å². The van der Waals surface area contributed by atoms with Crippen LogP contribution in [0.1, 0.15) is 34.3 Å². The summed E-state index contributed by atoms with van der Waals surface area (Å²) < 4.78 is 13.5. The van der Waals surface area contributed by atoms with Crippen LogP contribution in [0.25, 0.3) is 0 Å². The second-order valence-corrected chi connectivity index (χ2v) is 9.13. The molecule has 0 unspecified atom stereocenters. The maximum absolute atomic E-state index is 13.6. The minimum Gasteiger partial charge on any atom is -0.338 e. The number of piperidine rings is 1. The van der Waals surface area contributed by atoms with Crippen molar-refractivity contribution in [2.75, 3.05) is 13.1 Å². The topological polar surface area (TPSA) is 52.7 Å². The number of hydrogen-bond donors (Lipinski definition) is 1. The molecule has 0 aromatic heterocycles. The van der Waals surface area contributed by atoms with E-state index < -0.39 is 5.66 Å². The Morgan fingerprint density at radius 3 is 2.15 bits per heavy atom. The Balaban J connectivity index is 1.37. The normalized spacial score (nSPS) is 19.6. The molecule has 2 fully saturated rings. The number of carbonyl (C=O) groups excluding carboxylic acids is 2. The van der Waals surface area contributed by atoms with E-state index in [4.69, 9.17) is 0 Å². The van der Waals surface area contributed by atoms with Crippen molar-refractivity contribution in [3.05, 3.63) is 107 Å². The Labute approximate surface area is 199 Å². The molecule has 2 aliphatic heterocycles. The Morgan fingerprint density at radius 2 is 1.50 bits per heavy atom. The van der Waals surface area contributed by atoms with E-state index in [1.54, 1.807) is 12.1 Å². The summed E-state index contributed by atoms with van der Waals surface area (Å²) in [5.74, 6) is -0.222. The quantitative estimate of drug-likeness (QED) is 0.630. The number of benzene rings is 3. The zero-order valence-corrected chi connectivity index (χ0v) is 19.0. The minimum absolute atomic E-state index is 0.0192. The summed E-state index contributed by atoms with van der Waals surface area (Å²) in [4.78, 5) is 30.4. The van der Waals surface area contributed by atoms with Gasteiger partial charge in [-0.1, -0.05) is 60.7 Å². The second-order valence-electron chi connectivity index (χ2n) is 9.13. The van der Waals surface area contributed by atoms with Gasteiger partial charge in [0.2, 0.25) is 5.91 Å². The highest BCUT2D eigenvalue weighted by Crippen LogP contribution is 2.35. The smallest absolute Gasteiger partial charge is 0.253 e. The first-order valence-electron chi connectivity index (χ1n) is 11.8. The molecule has 0 saturated carbocycles. The van der Waals surface area contributed by atoms with Gasteiger partial charge in [0.05, 0.1) is 11.7 Å². The van der Waals surface area contributed by atoms with Gasteiger partial charge in [-0.15, -0.1) is 0 Å². The number of likely N-dealkylation sites (tertiary alicyclic amines) is 1. The highest BCUT2D eigenvalue weighted by Gasteiger charge is 2.51. The molecular formula is C28H28FN3O2. The summed E-state index contributed by atoms with van der Waals surface area (Å²) >= 11 is 0. The van der Waals surface area contributed by atoms with Crippen LogP contribution < -0.4 is 5.32 Å². The Kier molecular flexibility index (Phi) is 6.16. The van der Waals surface area contributed by atoms with Gasteiger partial charge >= 0.3 is 0 Å². The minimum atomic E-state index is -0.529. The SMILES string of the molecule is O=C(c1ccccc1)N1CCC2(CC1)N[C@H](Cc1ccccc1)C(=O)N2Cc1ccc(F)cc1. The lowest BCUT2D eigenvalue weighted by Gasteiger charge is -2.44. The third-order valence-electron chi connectivity index (χ3n) is 6.96. The van der Waals surface area contributed by atoms with E-state index in [9.17, 15) is 14.0 Å². The Hall–Kier alpha value is -3.51. The van der Waals surface area contributed by atoms with Gasteiger partial charge in [-0.25, -0.2) is 4.39 Å². The van der Waals surface area contributed by atoms with E-state index in [1.807, 2.05) is 70.5 Å². The fraction of sp³-hybridized carbons (Fsp3) is 0.286. The number of carbonyl (C=O) groups is 2. The van der Waals surface area contributed by atoms with E-state index in [1.165, 1.54) is 12.1 Å². The Bertz CT molecular complexity index is 1140. The van der Waals surface area contributed by atoms with Gasteiger partial charge in [-0.3, -0.25) is 14.9 Å². The summed E-state index contributed by atoms with van der Waals surface area (Å²) in [6, 6.07) is 25.3. The molecule has 2 amide bonds. The van der Waals surface area contributed by atoms with Crippen LogP contribution in [0.5, 0.6) is 0 Å². The molecule has 5 nitrogen and oxygen atoms in total. The van der Waals surface area contributed by atoms with Crippen LogP contribution in [-0.4, -0.2) is 46.4 Å². The molecule has 34 heavy (non-hydrogen) atoms. The zero-order valence-electron chi connectivity index (χ0n) is 19.0. The van der Waals surface area contributed by atoms with E-state index in [-0.39, 0.29) is 23.7 Å². The maximum Gasteiger partial charge on any atom is 0.253 e. The van der Waals surface area contributed by atoms with Gasteiger partial charge in [0.1, 0.15) is 5.82 Å². The lowest BCUT2D eigenvalue weighted by atomic mass is 9.94. The Morgan fingerprint density at radius 1 is 0.882 bits per heavy atom. The number of rotatable bonds is 5. The first-order chi connectivity index (χ1) is 16.5. The average molecular weight is 458 g/mol. The third kappa shape index (κ3) is 4.46. The van der Waals surface area contributed by atoms with E-state index in [0.717, 1.165) is 11.1 Å². The monoisotopic (exact) mass is 457 g/mol. The summed E-state index contributed by atoms with van der Waals surface area (Å²) in [7, 11) is 0. The molecule has 1 spiro atoms. The summed E-state index contributed by atoms with van der Waals surface area (Å²) in [5, 5.41) is 3.65. The van der Waals surface area contributed by atoms with Gasteiger partial charge in [0.25, 0.3) is 5.91 Å². The van der Waals surface area contributed by atoms with Gasteiger partial charge in [0, 0.05) is 38.0 Å². The van der Waals surface area contributed by atoms with Gasteiger partial charge < -0.3 is 9.80 Å². The largest absolute Gasteiger partial charge is 0.338 e. The highest BCUT2D eigenvalue weighted by atomic mass is 19.1. The fourth-order valence-corrected chi connectivity index (χ4v) is 5.11. The molecule has 2 saturated heterocycles. The van der Waals surface area contributed by atoms with Crippen LogP contribution in [-0.2, 0) is 17.8 Å². The first-order valence-corrected chi connectivity index (χ1v) is 11.8. The van der Waals surface area contributed by atoms with Crippen LogP contribution in [0.15, 0.2) is 84.9 Å². The summed E-state index contributed by atoms with van der Waals surface area (Å²) in [6.45, 7) is 1.53. The van der Waals surface area contributed by atoms with Crippen molar-refractivity contribution in [2.45, 2.75) is 37.5 Å². The molecule has 3 aromatic carbocycles. The molecule has 1 atom stereocenters. The van der Waals surface area contributed by atoms with Crippen molar-refractivity contribution in [3.8, 4) is 0 Å². The maximum atomic E-state index is 13.6. The molecule has 5 rings (SSSR count). The number of hydrogen-bond acceptors (Lipinski definition) is 3. The van der Waals surface area contributed by atoms with Crippen LogP contribution in [0, 0.1) is 5.82 Å². The molecule has 0 bridgehead atoms. The number of halogens is 1. The van der Waals surface area contributed by atoms with Crippen LogP contribution in [0.3, 0.4) is 0 Å². The lowest BCUT2D eigenvalue weighted by Crippen LogP contribution is -2.59. The molecule has 0 radical (unpaired) electrons.